The molecule has 1 heterocycles. The summed E-state index contributed by atoms with van der Waals surface area (Å²) in [6.07, 6.45) is -1.70. The van der Waals surface area contributed by atoms with Crippen molar-refractivity contribution in [1.82, 2.24) is 15.1 Å². The number of alkyl halides is 3. The molecule has 6 nitrogen and oxygen atoms in total. The highest BCUT2D eigenvalue weighted by Gasteiger charge is 2.31. The van der Waals surface area contributed by atoms with Crippen molar-refractivity contribution in [2.45, 2.75) is 52.8 Å². The molecule has 0 radical (unpaired) electrons. The van der Waals surface area contributed by atoms with E-state index in [9.17, 15) is 22.8 Å². The summed E-state index contributed by atoms with van der Waals surface area (Å²) in [5.41, 5.74) is 4.86. The van der Waals surface area contributed by atoms with Gasteiger partial charge in [0.05, 0.1) is 36.8 Å². The summed E-state index contributed by atoms with van der Waals surface area (Å²) in [5, 5.41) is 8.35. The van der Waals surface area contributed by atoms with E-state index in [0.29, 0.717) is 17.0 Å². The molecule has 0 aliphatic rings. The first-order valence-electron chi connectivity index (χ1n) is 13.5. The van der Waals surface area contributed by atoms with Crippen molar-refractivity contribution in [3.05, 3.63) is 88.6 Å². The topological polar surface area (TPSA) is 73.2 Å². The third-order valence-corrected chi connectivity index (χ3v) is 7.18. The molecule has 0 spiro atoms. The molecule has 0 saturated heterocycles. The number of benzene rings is 3. The smallest absolute Gasteiger partial charge is 0.416 e. The Morgan fingerprint density at radius 3 is 2.27 bits per heavy atom. The molecule has 216 valence electrons. The molecule has 0 aliphatic heterocycles. The van der Waals surface area contributed by atoms with Crippen LogP contribution in [-0.4, -0.2) is 35.3 Å². The Labute approximate surface area is 237 Å². The SMILES string of the molecule is COC(=O)CCNC(=O)c1ccc([C@H](CC(C)C)n2ncc3cc(-c4ccc(C(F)(F)F)cc4C)c(C)cc32)cc1. The van der Waals surface area contributed by atoms with E-state index in [2.05, 4.69) is 23.9 Å². The van der Waals surface area contributed by atoms with Gasteiger partial charge in [-0.3, -0.25) is 14.3 Å². The van der Waals surface area contributed by atoms with E-state index in [4.69, 9.17) is 5.10 Å². The van der Waals surface area contributed by atoms with E-state index >= 15 is 0 Å². The van der Waals surface area contributed by atoms with Gasteiger partial charge in [-0.25, -0.2) is 0 Å². The maximum Gasteiger partial charge on any atom is 0.416 e. The minimum atomic E-state index is -4.39. The second kappa shape index (κ2) is 12.2. The van der Waals surface area contributed by atoms with Crippen molar-refractivity contribution in [2.75, 3.05) is 13.7 Å². The van der Waals surface area contributed by atoms with Gasteiger partial charge in [-0.1, -0.05) is 32.0 Å². The van der Waals surface area contributed by atoms with Gasteiger partial charge in [-0.15, -0.1) is 0 Å². The highest BCUT2D eigenvalue weighted by atomic mass is 19.4. The molecule has 4 aromatic rings. The van der Waals surface area contributed by atoms with E-state index < -0.39 is 11.7 Å². The lowest BCUT2D eigenvalue weighted by atomic mass is 9.93. The fourth-order valence-electron chi connectivity index (χ4n) is 5.04. The number of hydrogen-bond donors (Lipinski definition) is 1. The number of aromatic nitrogens is 2. The number of nitrogens with one attached hydrogen (secondary N) is 1. The molecule has 0 unspecified atom stereocenters. The number of carbonyl (C=O) groups is 2. The minimum Gasteiger partial charge on any atom is -0.469 e. The van der Waals surface area contributed by atoms with Crippen molar-refractivity contribution in [2.24, 2.45) is 5.92 Å². The Kier molecular flexibility index (Phi) is 8.85. The Bertz CT molecular complexity index is 1560. The van der Waals surface area contributed by atoms with Crippen LogP contribution in [-0.2, 0) is 15.7 Å². The molecule has 0 bridgehead atoms. The second-order valence-electron chi connectivity index (χ2n) is 10.7. The minimum absolute atomic E-state index is 0.0954. The van der Waals surface area contributed by atoms with Crippen LogP contribution in [0.5, 0.6) is 0 Å². The molecule has 1 aromatic heterocycles. The number of esters is 1. The maximum atomic E-state index is 13.2. The van der Waals surface area contributed by atoms with E-state index in [-0.39, 0.29) is 30.9 Å². The van der Waals surface area contributed by atoms with Gasteiger partial charge in [0.15, 0.2) is 0 Å². The summed E-state index contributed by atoms with van der Waals surface area (Å²) in [4.78, 5) is 23.8. The zero-order valence-corrected chi connectivity index (χ0v) is 23.8. The highest BCUT2D eigenvalue weighted by Crippen LogP contribution is 2.37. The molecule has 41 heavy (non-hydrogen) atoms. The number of halogens is 3. The van der Waals surface area contributed by atoms with Gasteiger partial charge >= 0.3 is 12.1 Å². The Hall–Kier alpha value is -4.14. The average Bonchev–Trinajstić information content (AvgIpc) is 3.32. The number of amides is 1. The van der Waals surface area contributed by atoms with E-state index in [1.54, 1.807) is 25.3 Å². The molecule has 1 atom stereocenters. The molecular formula is C32H34F3N3O3. The lowest BCUT2D eigenvalue weighted by Gasteiger charge is -2.22. The molecule has 0 fully saturated rings. The third kappa shape index (κ3) is 6.78. The lowest BCUT2D eigenvalue weighted by molar-refractivity contribution is -0.140. The monoisotopic (exact) mass is 565 g/mol. The van der Waals surface area contributed by atoms with E-state index in [1.807, 2.05) is 35.9 Å². The van der Waals surface area contributed by atoms with Crippen LogP contribution in [0.4, 0.5) is 13.2 Å². The molecule has 1 amide bonds. The van der Waals surface area contributed by atoms with Gasteiger partial charge in [0.1, 0.15) is 0 Å². The molecule has 9 heteroatoms. The summed E-state index contributed by atoms with van der Waals surface area (Å²) in [6.45, 7) is 8.11. The van der Waals surface area contributed by atoms with Crippen molar-refractivity contribution < 1.29 is 27.5 Å². The largest absolute Gasteiger partial charge is 0.469 e. The lowest BCUT2D eigenvalue weighted by Crippen LogP contribution is -2.26. The van der Waals surface area contributed by atoms with Gasteiger partial charge in [0.25, 0.3) is 5.91 Å². The summed E-state index contributed by atoms with van der Waals surface area (Å²) in [6, 6.07) is 15.1. The van der Waals surface area contributed by atoms with Crippen LogP contribution in [0, 0.1) is 19.8 Å². The fraction of sp³-hybridized carbons (Fsp3) is 0.344. The molecule has 4 rings (SSSR count). The molecule has 0 saturated carbocycles. The van der Waals surface area contributed by atoms with Crippen molar-refractivity contribution in [3.63, 3.8) is 0 Å². The predicted octanol–water partition coefficient (Wildman–Crippen LogP) is 7.27. The number of rotatable bonds is 9. The normalized spacial score (nSPS) is 12.5. The third-order valence-electron chi connectivity index (χ3n) is 7.18. The Morgan fingerprint density at radius 2 is 1.66 bits per heavy atom. The van der Waals surface area contributed by atoms with Crippen LogP contribution in [0.25, 0.3) is 22.0 Å². The van der Waals surface area contributed by atoms with Crippen LogP contribution in [0.15, 0.2) is 60.8 Å². The fourth-order valence-corrected chi connectivity index (χ4v) is 5.04. The van der Waals surface area contributed by atoms with Crippen LogP contribution in [0.1, 0.15) is 65.3 Å². The Morgan fingerprint density at radius 1 is 0.976 bits per heavy atom. The number of aryl methyl sites for hydroxylation is 2. The molecule has 1 N–H and O–H groups in total. The van der Waals surface area contributed by atoms with Crippen molar-refractivity contribution >= 4 is 22.8 Å². The van der Waals surface area contributed by atoms with Crippen molar-refractivity contribution in [3.8, 4) is 11.1 Å². The quantitative estimate of drug-likeness (QED) is 0.217. The van der Waals surface area contributed by atoms with Crippen LogP contribution < -0.4 is 5.32 Å². The number of methoxy groups -OCH3 is 1. The zero-order valence-electron chi connectivity index (χ0n) is 23.8. The van der Waals surface area contributed by atoms with Gasteiger partial charge in [-0.05, 0) is 90.4 Å². The molecule has 0 aliphatic carbocycles. The van der Waals surface area contributed by atoms with Crippen LogP contribution in [0.3, 0.4) is 0 Å². The first-order valence-corrected chi connectivity index (χ1v) is 13.5. The van der Waals surface area contributed by atoms with Crippen LogP contribution >= 0.6 is 0 Å². The van der Waals surface area contributed by atoms with Gasteiger partial charge in [-0.2, -0.15) is 18.3 Å². The van der Waals surface area contributed by atoms with Gasteiger partial charge in [0, 0.05) is 17.5 Å². The average molecular weight is 566 g/mol. The first-order chi connectivity index (χ1) is 19.4. The number of nitrogens with zero attached hydrogens (tertiary/aromatic N) is 2. The predicted molar refractivity (Wildman–Crippen MR) is 153 cm³/mol. The number of hydrogen-bond acceptors (Lipinski definition) is 4. The second-order valence-corrected chi connectivity index (χ2v) is 10.7. The first kappa shape index (κ1) is 29.8. The number of fused-ring (bicyclic) bond motifs is 1. The zero-order chi connectivity index (χ0) is 29.9. The summed E-state index contributed by atoms with van der Waals surface area (Å²) in [5.74, 6) is -0.302. The van der Waals surface area contributed by atoms with E-state index in [1.165, 1.54) is 19.2 Å². The van der Waals surface area contributed by atoms with E-state index in [0.717, 1.165) is 45.6 Å². The summed E-state index contributed by atoms with van der Waals surface area (Å²) < 4.78 is 46.2. The standard InChI is InChI=1S/C32H34F3N3O3/c1-19(2)14-28(22-6-8-23(9-7-22)31(40)36-13-12-30(39)41-5)38-29-16-21(4)27(17-24(29)18-37-38)26-11-10-25(15-20(26)3)32(33,34)35/h6-11,15-19,28H,12-14H2,1-5H3,(H,36,40)/t28-/m0/s1. The van der Waals surface area contributed by atoms with Crippen LogP contribution in [0.2, 0.25) is 0 Å². The summed E-state index contributed by atoms with van der Waals surface area (Å²) >= 11 is 0. The maximum absolute atomic E-state index is 13.2. The molecular weight excluding hydrogens is 531 g/mol. The van der Waals surface area contributed by atoms with Crippen molar-refractivity contribution in [1.29, 1.82) is 0 Å². The highest BCUT2D eigenvalue weighted by molar-refractivity contribution is 5.94. The van der Waals surface area contributed by atoms with Gasteiger partial charge < -0.3 is 10.1 Å². The summed E-state index contributed by atoms with van der Waals surface area (Å²) in [7, 11) is 1.31. The Balaban J connectivity index is 1.64. The van der Waals surface area contributed by atoms with Gasteiger partial charge in [0.2, 0.25) is 0 Å². The number of ether oxygens (including phenoxy) is 1. The number of carbonyl (C=O) groups excluding carboxylic acids is 2. The molecule has 3 aromatic carbocycles.